The monoisotopic (exact) mass is 322 g/mol. The summed E-state index contributed by atoms with van der Waals surface area (Å²) in [5, 5.41) is 11.1. The van der Waals surface area contributed by atoms with Crippen LogP contribution in [-0.4, -0.2) is 29.2 Å². The average Bonchev–Trinajstić information content (AvgIpc) is 3.00. The molecule has 0 aliphatic rings. The Hall–Kier alpha value is -2.82. The minimum atomic E-state index is -0.0556. The lowest BCUT2D eigenvalue weighted by atomic mass is 10.1. The van der Waals surface area contributed by atoms with Gasteiger partial charge in [-0.2, -0.15) is 5.10 Å². The molecule has 3 rings (SSSR count). The predicted molar refractivity (Wildman–Crippen MR) is 98.4 cm³/mol. The molecule has 0 spiro atoms. The number of hydrogen-bond donors (Lipinski definition) is 2. The molecule has 0 bridgehead atoms. The normalized spacial score (nSPS) is 10.8. The summed E-state index contributed by atoms with van der Waals surface area (Å²) >= 11 is 0. The quantitative estimate of drug-likeness (QED) is 0.729. The van der Waals surface area contributed by atoms with Crippen molar-refractivity contribution in [3.63, 3.8) is 0 Å². The van der Waals surface area contributed by atoms with E-state index in [4.69, 9.17) is 0 Å². The van der Waals surface area contributed by atoms with E-state index in [1.54, 1.807) is 0 Å². The lowest BCUT2D eigenvalue weighted by molar-refractivity contribution is -0.115. The molecule has 0 saturated carbocycles. The van der Waals surface area contributed by atoms with Crippen LogP contribution in [0.4, 0.5) is 11.4 Å². The highest BCUT2D eigenvalue weighted by atomic mass is 16.1. The Labute approximate surface area is 141 Å². The number of aromatic nitrogens is 2. The largest absolute Gasteiger partial charge is 0.372 e. The van der Waals surface area contributed by atoms with Gasteiger partial charge in [-0.3, -0.25) is 9.89 Å². The highest BCUT2D eigenvalue weighted by Crippen LogP contribution is 2.19. The van der Waals surface area contributed by atoms with E-state index in [9.17, 15) is 4.79 Å². The maximum atomic E-state index is 12.3. The minimum absolute atomic E-state index is 0.0556. The van der Waals surface area contributed by atoms with Crippen LogP contribution in [-0.2, 0) is 11.2 Å². The topological polar surface area (TPSA) is 61.0 Å². The van der Waals surface area contributed by atoms with Gasteiger partial charge in [-0.25, -0.2) is 0 Å². The first-order valence-corrected chi connectivity index (χ1v) is 8.28. The number of fused-ring (bicyclic) bond motifs is 1. The van der Waals surface area contributed by atoms with Crippen LogP contribution < -0.4 is 10.2 Å². The number of anilines is 2. The van der Waals surface area contributed by atoms with Crippen LogP contribution >= 0.6 is 0 Å². The lowest BCUT2D eigenvalue weighted by Gasteiger charge is -2.21. The zero-order valence-corrected chi connectivity index (χ0v) is 14.0. The summed E-state index contributed by atoms with van der Waals surface area (Å²) in [6.07, 6.45) is 0.276. The van der Waals surface area contributed by atoms with E-state index >= 15 is 0 Å². The minimum Gasteiger partial charge on any atom is -0.372 e. The van der Waals surface area contributed by atoms with Gasteiger partial charge in [0.15, 0.2) is 0 Å². The number of H-pyrrole nitrogens is 1. The maximum Gasteiger partial charge on any atom is 0.230 e. The van der Waals surface area contributed by atoms with E-state index < -0.39 is 0 Å². The lowest BCUT2D eigenvalue weighted by Crippen LogP contribution is -2.21. The molecule has 1 aromatic heterocycles. The van der Waals surface area contributed by atoms with E-state index in [1.165, 1.54) is 0 Å². The Kier molecular flexibility index (Phi) is 4.79. The fraction of sp³-hybridized carbons (Fsp3) is 0.263. The van der Waals surface area contributed by atoms with Crippen molar-refractivity contribution >= 4 is 28.2 Å². The first kappa shape index (κ1) is 16.1. The molecule has 2 aromatic carbocycles. The van der Waals surface area contributed by atoms with Gasteiger partial charge in [-0.05, 0) is 44.2 Å². The number of rotatable bonds is 6. The molecule has 124 valence electrons. The molecule has 0 atom stereocenters. The van der Waals surface area contributed by atoms with Crippen molar-refractivity contribution in [2.45, 2.75) is 20.3 Å². The molecular weight excluding hydrogens is 300 g/mol. The molecule has 0 radical (unpaired) electrons. The molecule has 5 heteroatoms. The summed E-state index contributed by atoms with van der Waals surface area (Å²) < 4.78 is 0. The molecule has 24 heavy (non-hydrogen) atoms. The molecule has 0 fully saturated rings. The second-order valence-electron chi connectivity index (χ2n) is 5.66. The second-order valence-corrected chi connectivity index (χ2v) is 5.66. The predicted octanol–water partition coefficient (Wildman–Crippen LogP) is 3.59. The van der Waals surface area contributed by atoms with Gasteiger partial charge in [0.25, 0.3) is 0 Å². The maximum absolute atomic E-state index is 12.3. The molecule has 1 amide bonds. The second kappa shape index (κ2) is 7.17. The van der Waals surface area contributed by atoms with E-state index in [0.717, 1.165) is 41.1 Å². The van der Waals surface area contributed by atoms with Crippen LogP contribution in [0.25, 0.3) is 10.9 Å². The van der Waals surface area contributed by atoms with Crippen LogP contribution in [0.2, 0.25) is 0 Å². The Morgan fingerprint density at radius 3 is 2.50 bits per heavy atom. The van der Waals surface area contributed by atoms with Crippen molar-refractivity contribution in [2.24, 2.45) is 0 Å². The molecule has 0 aliphatic carbocycles. The van der Waals surface area contributed by atoms with Crippen LogP contribution in [0, 0.1) is 0 Å². The first-order chi connectivity index (χ1) is 11.7. The molecule has 5 nitrogen and oxygen atoms in total. The van der Waals surface area contributed by atoms with Crippen molar-refractivity contribution in [2.75, 3.05) is 23.3 Å². The van der Waals surface area contributed by atoms with Crippen LogP contribution in [0.3, 0.4) is 0 Å². The van der Waals surface area contributed by atoms with Gasteiger partial charge >= 0.3 is 0 Å². The fourth-order valence-electron chi connectivity index (χ4n) is 2.86. The van der Waals surface area contributed by atoms with E-state index in [2.05, 4.69) is 34.3 Å². The average molecular weight is 322 g/mol. The molecule has 1 heterocycles. The Bertz CT molecular complexity index is 819. The highest BCUT2D eigenvalue weighted by Gasteiger charge is 2.10. The molecule has 0 aliphatic heterocycles. The van der Waals surface area contributed by atoms with Gasteiger partial charge in [0.05, 0.1) is 17.6 Å². The Morgan fingerprint density at radius 2 is 1.79 bits per heavy atom. The Morgan fingerprint density at radius 1 is 1.08 bits per heavy atom. The van der Waals surface area contributed by atoms with Crippen molar-refractivity contribution in [1.82, 2.24) is 10.2 Å². The number of nitrogens with zero attached hydrogens (tertiary/aromatic N) is 2. The van der Waals surface area contributed by atoms with Gasteiger partial charge in [-0.1, -0.05) is 18.2 Å². The molecule has 2 N–H and O–H groups in total. The van der Waals surface area contributed by atoms with E-state index in [0.29, 0.717) is 0 Å². The summed E-state index contributed by atoms with van der Waals surface area (Å²) in [6.45, 7) is 6.20. The zero-order chi connectivity index (χ0) is 16.9. The van der Waals surface area contributed by atoms with E-state index in [-0.39, 0.29) is 12.3 Å². The molecule has 0 saturated heterocycles. The molecular formula is C19H22N4O. The van der Waals surface area contributed by atoms with Crippen LogP contribution in [0.5, 0.6) is 0 Å². The third-order valence-electron chi connectivity index (χ3n) is 4.16. The van der Waals surface area contributed by atoms with Gasteiger partial charge in [-0.15, -0.1) is 0 Å². The van der Waals surface area contributed by atoms with Crippen LogP contribution in [0.1, 0.15) is 19.5 Å². The molecule has 0 unspecified atom stereocenters. The van der Waals surface area contributed by atoms with E-state index in [1.807, 2.05) is 48.5 Å². The number of amides is 1. The van der Waals surface area contributed by atoms with Crippen molar-refractivity contribution in [1.29, 1.82) is 0 Å². The summed E-state index contributed by atoms with van der Waals surface area (Å²) in [4.78, 5) is 14.6. The van der Waals surface area contributed by atoms with Crippen molar-refractivity contribution in [3.05, 3.63) is 54.2 Å². The SMILES string of the molecule is CCN(CC)c1ccc(NC(=O)Cc2[nH]nc3ccccc23)cc1. The Balaban J connectivity index is 1.66. The third kappa shape index (κ3) is 3.40. The first-order valence-electron chi connectivity index (χ1n) is 8.28. The highest BCUT2D eigenvalue weighted by molar-refractivity contribution is 5.95. The third-order valence-corrected chi connectivity index (χ3v) is 4.16. The smallest absolute Gasteiger partial charge is 0.230 e. The number of hydrogen-bond acceptors (Lipinski definition) is 3. The summed E-state index contributed by atoms with van der Waals surface area (Å²) in [5.74, 6) is -0.0556. The summed E-state index contributed by atoms with van der Waals surface area (Å²) in [7, 11) is 0. The number of carbonyl (C=O) groups excluding carboxylic acids is 1. The van der Waals surface area contributed by atoms with Gasteiger partial charge < -0.3 is 10.2 Å². The van der Waals surface area contributed by atoms with Gasteiger partial charge in [0.2, 0.25) is 5.91 Å². The number of para-hydroxylation sites is 1. The number of aromatic amines is 1. The molecule has 3 aromatic rings. The van der Waals surface area contributed by atoms with Crippen molar-refractivity contribution < 1.29 is 4.79 Å². The number of benzene rings is 2. The summed E-state index contributed by atoms with van der Waals surface area (Å²) in [6, 6.07) is 15.7. The standard InChI is InChI=1S/C19H22N4O/c1-3-23(4-2)15-11-9-14(10-12-15)20-19(24)13-18-16-7-5-6-8-17(16)21-22-18/h5-12H,3-4,13H2,1-2H3,(H,20,24)(H,21,22). The summed E-state index contributed by atoms with van der Waals surface area (Å²) in [5.41, 5.74) is 3.68. The fourth-order valence-corrected chi connectivity index (χ4v) is 2.86. The van der Waals surface area contributed by atoms with Gasteiger partial charge in [0.1, 0.15) is 0 Å². The van der Waals surface area contributed by atoms with Gasteiger partial charge in [0, 0.05) is 29.9 Å². The van der Waals surface area contributed by atoms with Crippen LogP contribution in [0.15, 0.2) is 48.5 Å². The number of nitrogens with one attached hydrogen (secondary N) is 2. The zero-order valence-electron chi connectivity index (χ0n) is 14.0. The number of carbonyl (C=O) groups is 1. The van der Waals surface area contributed by atoms with Crippen molar-refractivity contribution in [3.8, 4) is 0 Å².